The molecule has 1 saturated carbocycles. The summed E-state index contributed by atoms with van der Waals surface area (Å²) in [5.74, 6) is 0.889. The van der Waals surface area contributed by atoms with Crippen molar-refractivity contribution in [1.29, 1.82) is 0 Å². The van der Waals surface area contributed by atoms with Crippen LogP contribution in [0.25, 0.3) is 0 Å². The van der Waals surface area contributed by atoms with E-state index in [0.717, 1.165) is 37.4 Å². The Morgan fingerprint density at radius 2 is 1.90 bits per heavy atom. The van der Waals surface area contributed by atoms with Gasteiger partial charge in [-0.1, -0.05) is 79.1 Å². The predicted octanol–water partition coefficient (Wildman–Crippen LogP) is 6.90. The first-order valence-electron chi connectivity index (χ1n) is 10.8. The fourth-order valence-electron chi connectivity index (χ4n) is 3.94. The van der Waals surface area contributed by atoms with Crippen LogP contribution < -0.4 is 0 Å². The standard InChI is InChI=1S/C25H33Cl2NO/c1-3-28(19-20-9-8-10-20)16-15-25(2)14-7-5-4-6-11-24(29-25)21-12-13-22(26)18-23(27)17-21/h4-7,11,13-14,17-18,20,24H,3,8-10,12,15-16,19H2,1-2H3/b5-4-,11-6+,14-7+. The first-order valence-corrected chi connectivity index (χ1v) is 11.6. The maximum Gasteiger partial charge on any atom is 0.0988 e. The Morgan fingerprint density at radius 1 is 1.10 bits per heavy atom. The molecule has 3 rings (SSSR count). The highest BCUT2D eigenvalue weighted by atomic mass is 35.5. The molecule has 1 fully saturated rings. The highest BCUT2D eigenvalue weighted by Gasteiger charge is 2.29. The Hall–Kier alpha value is -1.06. The number of hydrogen-bond acceptors (Lipinski definition) is 2. The third-order valence-electron chi connectivity index (χ3n) is 6.07. The van der Waals surface area contributed by atoms with Crippen molar-refractivity contribution in [1.82, 2.24) is 4.90 Å². The van der Waals surface area contributed by atoms with E-state index in [-0.39, 0.29) is 11.7 Å². The number of rotatable bonds is 7. The first kappa shape index (κ1) is 22.6. The fourth-order valence-corrected chi connectivity index (χ4v) is 4.45. The number of ether oxygens (including phenoxy) is 1. The Morgan fingerprint density at radius 3 is 2.62 bits per heavy atom. The van der Waals surface area contributed by atoms with Crippen molar-refractivity contribution >= 4 is 23.2 Å². The minimum atomic E-state index is -0.354. The van der Waals surface area contributed by atoms with Crippen LogP contribution >= 0.6 is 23.2 Å². The van der Waals surface area contributed by atoms with Gasteiger partial charge in [-0.05, 0) is 62.8 Å². The van der Waals surface area contributed by atoms with Crippen molar-refractivity contribution in [2.45, 2.75) is 57.7 Å². The van der Waals surface area contributed by atoms with Crippen LogP contribution in [0.3, 0.4) is 0 Å². The third kappa shape index (κ3) is 7.00. The zero-order valence-electron chi connectivity index (χ0n) is 17.6. The average Bonchev–Trinajstić information content (AvgIpc) is 2.75. The van der Waals surface area contributed by atoms with Crippen molar-refractivity contribution in [3.05, 3.63) is 70.3 Å². The molecule has 2 unspecified atom stereocenters. The lowest BCUT2D eigenvalue weighted by Gasteiger charge is -2.36. The number of nitrogens with zero attached hydrogens (tertiary/aromatic N) is 1. The topological polar surface area (TPSA) is 12.5 Å². The second kappa shape index (κ2) is 10.8. The molecule has 0 spiro atoms. The summed E-state index contributed by atoms with van der Waals surface area (Å²) in [6.07, 6.45) is 24.0. The van der Waals surface area contributed by atoms with Gasteiger partial charge in [0.15, 0.2) is 0 Å². The Kier molecular flexibility index (Phi) is 8.44. The quantitative estimate of drug-likeness (QED) is 0.432. The Balaban J connectivity index is 1.72. The van der Waals surface area contributed by atoms with Crippen LogP contribution in [-0.2, 0) is 4.74 Å². The van der Waals surface area contributed by atoms with Gasteiger partial charge in [-0.2, -0.15) is 0 Å². The molecular weight excluding hydrogens is 401 g/mol. The molecule has 0 aromatic heterocycles. The van der Waals surface area contributed by atoms with Gasteiger partial charge in [0, 0.05) is 23.2 Å². The molecule has 0 bridgehead atoms. The van der Waals surface area contributed by atoms with Gasteiger partial charge in [0.25, 0.3) is 0 Å². The summed E-state index contributed by atoms with van der Waals surface area (Å²) >= 11 is 12.5. The molecule has 0 amide bonds. The van der Waals surface area contributed by atoms with E-state index in [1.165, 1.54) is 25.8 Å². The van der Waals surface area contributed by atoms with Crippen LogP contribution in [0.2, 0.25) is 0 Å². The highest BCUT2D eigenvalue weighted by Crippen LogP contribution is 2.31. The lowest BCUT2D eigenvalue weighted by atomic mass is 9.85. The summed E-state index contributed by atoms with van der Waals surface area (Å²) < 4.78 is 6.71. The minimum absolute atomic E-state index is 0.143. The van der Waals surface area contributed by atoms with E-state index < -0.39 is 0 Å². The molecular formula is C25H33Cl2NO. The molecule has 1 heterocycles. The third-order valence-corrected chi connectivity index (χ3v) is 6.56. The predicted molar refractivity (Wildman–Crippen MR) is 125 cm³/mol. The van der Waals surface area contributed by atoms with Gasteiger partial charge in [0.1, 0.15) is 0 Å². The summed E-state index contributed by atoms with van der Waals surface area (Å²) in [5.41, 5.74) is 0.767. The number of hydrogen-bond donors (Lipinski definition) is 0. The lowest BCUT2D eigenvalue weighted by Crippen LogP contribution is -2.39. The largest absolute Gasteiger partial charge is 0.359 e. The van der Waals surface area contributed by atoms with Crippen molar-refractivity contribution in [3.8, 4) is 0 Å². The van der Waals surface area contributed by atoms with E-state index >= 15 is 0 Å². The van der Waals surface area contributed by atoms with Gasteiger partial charge >= 0.3 is 0 Å². The van der Waals surface area contributed by atoms with E-state index in [0.29, 0.717) is 10.1 Å². The van der Waals surface area contributed by atoms with Crippen molar-refractivity contribution < 1.29 is 4.74 Å². The van der Waals surface area contributed by atoms with Crippen LogP contribution in [0.5, 0.6) is 0 Å². The molecule has 0 aromatic rings. The average molecular weight is 434 g/mol. The maximum absolute atomic E-state index is 6.71. The molecule has 4 heteroatoms. The smallest absolute Gasteiger partial charge is 0.0988 e. The van der Waals surface area contributed by atoms with Crippen LogP contribution in [0.4, 0.5) is 0 Å². The highest BCUT2D eigenvalue weighted by molar-refractivity contribution is 6.35. The number of allylic oxidation sites excluding steroid dienone is 9. The Labute approximate surface area is 186 Å². The SMILES string of the molecule is CCN(CCC1(C)/C=C/C=C\C=C\C(C2=CC(Cl)=CC(Cl)=CC2)O1)CC1CCC1. The van der Waals surface area contributed by atoms with Crippen molar-refractivity contribution in [2.75, 3.05) is 19.6 Å². The minimum Gasteiger partial charge on any atom is -0.359 e. The van der Waals surface area contributed by atoms with Gasteiger partial charge in [-0.25, -0.2) is 0 Å². The van der Waals surface area contributed by atoms with Gasteiger partial charge in [-0.15, -0.1) is 0 Å². The van der Waals surface area contributed by atoms with Gasteiger partial charge in [0.2, 0.25) is 0 Å². The molecule has 2 nitrogen and oxygen atoms in total. The lowest BCUT2D eigenvalue weighted by molar-refractivity contribution is -0.0269. The van der Waals surface area contributed by atoms with Gasteiger partial charge in [0.05, 0.1) is 11.7 Å². The molecule has 158 valence electrons. The van der Waals surface area contributed by atoms with Crippen LogP contribution in [0.15, 0.2) is 70.3 Å². The molecule has 0 aromatic carbocycles. The summed E-state index contributed by atoms with van der Waals surface area (Å²) in [7, 11) is 0. The van der Waals surface area contributed by atoms with Gasteiger partial charge < -0.3 is 9.64 Å². The van der Waals surface area contributed by atoms with E-state index in [4.69, 9.17) is 27.9 Å². The summed E-state index contributed by atoms with van der Waals surface area (Å²) in [5, 5.41) is 1.31. The maximum atomic E-state index is 6.71. The molecule has 2 aliphatic carbocycles. The second-order valence-electron chi connectivity index (χ2n) is 8.46. The molecule has 29 heavy (non-hydrogen) atoms. The fraction of sp³-hybridized carbons (Fsp3) is 0.520. The first-order chi connectivity index (χ1) is 14.0. The summed E-state index contributed by atoms with van der Waals surface area (Å²) in [6.45, 7) is 7.80. The molecule has 2 atom stereocenters. The molecule has 0 radical (unpaired) electrons. The summed E-state index contributed by atoms with van der Waals surface area (Å²) in [6, 6.07) is 0. The van der Waals surface area contributed by atoms with E-state index in [1.807, 2.05) is 24.3 Å². The van der Waals surface area contributed by atoms with Gasteiger partial charge in [-0.3, -0.25) is 0 Å². The molecule has 0 N–H and O–H groups in total. The second-order valence-corrected chi connectivity index (χ2v) is 9.33. The monoisotopic (exact) mass is 433 g/mol. The summed E-state index contributed by atoms with van der Waals surface area (Å²) in [4.78, 5) is 2.58. The Bertz CT molecular complexity index is 742. The molecule has 3 aliphatic rings. The van der Waals surface area contributed by atoms with Crippen molar-refractivity contribution in [2.24, 2.45) is 5.92 Å². The van der Waals surface area contributed by atoms with E-state index in [1.54, 1.807) is 6.08 Å². The van der Waals surface area contributed by atoms with Crippen LogP contribution in [-0.4, -0.2) is 36.2 Å². The number of halogens is 2. The van der Waals surface area contributed by atoms with E-state index in [2.05, 4.69) is 43.1 Å². The van der Waals surface area contributed by atoms with Crippen LogP contribution in [0.1, 0.15) is 46.0 Å². The normalized spacial score (nSPS) is 31.3. The van der Waals surface area contributed by atoms with Crippen LogP contribution in [0, 0.1) is 5.92 Å². The zero-order valence-corrected chi connectivity index (χ0v) is 19.1. The molecule has 0 saturated heterocycles. The van der Waals surface area contributed by atoms with E-state index in [9.17, 15) is 0 Å². The zero-order chi connectivity index (χ0) is 20.7. The van der Waals surface area contributed by atoms with Crippen molar-refractivity contribution in [3.63, 3.8) is 0 Å². The molecule has 1 aliphatic heterocycles.